The quantitative estimate of drug-likeness (QED) is 0.740. The average molecular weight is 200 g/mol. The summed E-state index contributed by atoms with van der Waals surface area (Å²) >= 11 is 0. The Kier molecular flexibility index (Phi) is 5.45. The minimum atomic E-state index is 0.595. The molecule has 14 heavy (non-hydrogen) atoms. The van der Waals surface area contributed by atoms with Gasteiger partial charge in [0.2, 0.25) is 0 Å². The molecular formula is C11H24N2O. The van der Waals surface area contributed by atoms with Gasteiger partial charge < -0.3 is 10.1 Å². The normalized spacial score (nSPS) is 30.2. The third kappa shape index (κ3) is 3.56. The molecule has 1 aliphatic heterocycles. The molecule has 1 fully saturated rings. The van der Waals surface area contributed by atoms with Crippen molar-refractivity contribution in [1.29, 1.82) is 0 Å². The first-order chi connectivity index (χ1) is 6.77. The molecule has 0 aliphatic carbocycles. The topological polar surface area (TPSA) is 24.5 Å². The van der Waals surface area contributed by atoms with Gasteiger partial charge in [-0.15, -0.1) is 0 Å². The molecular weight excluding hydrogens is 176 g/mol. The Hall–Kier alpha value is -0.120. The van der Waals surface area contributed by atoms with E-state index in [0.717, 1.165) is 33.0 Å². The van der Waals surface area contributed by atoms with E-state index in [2.05, 4.69) is 31.0 Å². The van der Waals surface area contributed by atoms with Crippen molar-refractivity contribution >= 4 is 0 Å². The molecule has 0 bridgehead atoms. The molecule has 1 heterocycles. The Morgan fingerprint density at radius 2 is 2.21 bits per heavy atom. The van der Waals surface area contributed by atoms with Gasteiger partial charge in [-0.05, 0) is 25.4 Å². The van der Waals surface area contributed by atoms with Gasteiger partial charge in [0.05, 0.1) is 13.3 Å². The van der Waals surface area contributed by atoms with Crippen molar-refractivity contribution in [2.24, 2.45) is 5.92 Å². The SMILES string of the molecule is CCCNC1CN(CC)COCC1C. The first kappa shape index (κ1) is 12.0. The van der Waals surface area contributed by atoms with Crippen LogP contribution in [0.1, 0.15) is 27.2 Å². The standard InChI is InChI=1S/C11H24N2O/c1-4-6-12-11-7-13(5-2)9-14-8-10(11)3/h10-12H,4-9H2,1-3H3. The molecule has 0 aromatic rings. The van der Waals surface area contributed by atoms with Crippen molar-refractivity contribution in [1.82, 2.24) is 10.2 Å². The van der Waals surface area contributed by atoms with Gasteiger partial charge in [-0.25, -0.2) is 0 Å². The summed E-state index contributed by atoms with van der Waals surface area (Å²) in [6.07, 6.45) is 1.20. The maximum Gasteiger partial charge on any atom is 0.0990 e. The van der Waals surface area contributed by atoms with Crippen LogP contribution in [0, 0.1) is 5.92 Å². The highest BCUT2D eigenvalue weighted by molar-refractivity contribution is 4.78. The Balaban J connectivity index is 2.41. The van der Waals surface area contributed by atoms with Crippen molar-refractivity contribution in [2.75, 3.05) is 33.0 Å². The minimum Gasteiger partial charge on any atom is -0.366 e. The molecule has 84 valence electrons. The van der Waals surface area contributed by atoms with Crippen LogP contribution in [0.25, 0.3) is 0 Å². The molecule has 3 nitrogen and oxygen atoms in total. The van der Waals surface area contributed by atoms with Gasteiger partial charge in [0, 0.05) is 12.6 Å². The average Bonchev–Trinajstić information content (AvgIpc) is 2.37. The van der Waals surface area contributed by atoms with Crippen LogP contribution in [0.15, 0.2) is 0 Å². The zero-order chi connectivity index (χ0) is 10.4. The lowest BCUT2D eigenvalue weighted by Gasteiger charge is -2.25. The Morgan fingerprint density at radius 3 is 2.86 bits per heavy atom. The second-order valence-electron chi connectivity index (χ2n) is 4.21. The molecule has 3 heteroatoms. The monoisotopic (exact) mass is 200 g/mol. The first-order valence-electron chi connectivity index (χ1n) is 5.81. The number of hydrogen-bond donors (Lipinski definition) is 1. The van der Waals surface area contributed by atoms with Crippen molar-refractivity contribution in [3.05, 3.63) is 0 Å². The number of likely N-dealkylation sites (N-methyl/N-ethyl adjacent to an activating group) is 1. The minimum absolute atomic E-state index is 0.595. The number of hydrogen-bond acceptors (Lipinski definition) is 3. The molecule has 1 N–H and O–H groups in total. The molecule has 2 unspecified atom stereocenters. The molecule has 0 spiro atoms. The Bertz CT molecular complexity index is 152. The second kappa shape index (κ2) is 6.38. The van der Waals surface area contributed by atoms with Gasteiger partial charge in [0.15, 0.2) is 0 Å². The van der Waals surface area contributed by atoms with Crippen LogP contribution in [-0.2, 0) is 4.74 Å². The van der Waals surface area contributed by atoms with Gasteiger partial charge in [-0.3, -0.25) is 4.90 Å². The predicted octanol–water partition coefficient (Wildman–Crippen LogP) is 1.30. The van der Waals surface area contributed by atoms with Crippen molar-refractivity contribution < 1.29 is 4.74 Å². The van der Waals surface area contributed by atoms with Crippen LogP contribution in [0.4, 0.5) is 0 Å². The molecule has 1 saturated heterocycles. The zero-order valence-corrected chi connectivity index (χ0v) is 9.75. The van der Waals surface area contributed by atoms with E-state index < -0.39 is 0 Å². The van der Waals surface area contributed by atoms with Crippen LogP contribution in [0.5, 0.6) is 0 Å². The third-order valence-electron chi connectivity index (χ3n) is 2.90. The first-order valence-corrected chi connectivity index (χ1v) is 5.81. The lowest BCUT2D eigenvalue weighted by atomic mass is 10.0. The van der Waals surface area contributed by atoms with Crippen LogP contribution < -0.4 is 5.32 Å². The lowest BCUT2D eigenvalue weighted by molar-refractivity contribution is 0.0444. The molecule has 0 amide bonds. The summed E-state index contributed by atoms with van der Waals surface area (Å²) < 4.78 is 5.61. The Labute approximate surface area is 87.8 Å². The van der Waals surface area contributed by atoms with Crippen LogP contribution >= 0.6 is 0 Å². The van der Waals surface area contributed by atoms with Crippen LogP contribution in [0.2, 0.25) is 0 Å². The van der Waals surface area contributed by atoms with Crippen LogP contribution in [-0.4, -0.2) is 43.9 Å². The van der Waals surface area contributed by atoms with Gasteiger partial charge in [0.1, 0.15) is 0 Å². The van der Waals surface area contributed by atoms with E-state index >= 15 is 0 Å². The van der Waals surface area contributed by atoms with E-state index in [1.54, 1.807) is 0 Å². The smallest absolute Gasteiger partial charge is 0.0990 e. The van der Waals surface area contributed by atoms with E-state index in [9.17, 15) is 0 Å². The van der Waals surface area contributed by atoms with Crippen molar-refractivity contribution in [3.63, 3.8) is 0 Å². The van der Waals surface area contributed by atoms with Crippen LogP contribution in [0.3, 0.4) is 0 Å². The third-order valence-corrected chi connectivity index (χ3v) is 2.90. The van der Waals surface area contributed by atoms with Crippen molar-refractivity contribution in [3.8, 4) is 0 Å². The molecule has 0 saturated carbocycles. The van der Waals surface area contributed by atoms with E-state index in [0.29, 0.717) is 12.0 Å². The maximum atomic E-state index is 5.61. The molecule has 0 aromatic heterocycles. The van der Waals surface area contributed by atoms with Crippen molar-refractivity contribution in [2.45, 2.75) is 33.2 Å². The number of nitrogens with one attached hydrogen (secondary N) is 1. The molecule has 1 aliphatic rings. The van der Waals surface area contributed by atoms with E-state index in [1.807, 2.05) is 0 Å². The summed E-state index contributed by atoms with van der Waals surface area (Å²) in [7, 11) is 0. The molecule has 1 rings (SSSR count). The van der Waals surface area contributed by atoms with Gasteiger partial charge in [-0.1, -0.05) is 20.8 Å². The maximum absolute atomic E-state index is 5.61. The highest BCUT2D eigenvalue weighted by Gasteiger charge is 2.22. The van der Waals surface area contributed by atoms with Gasteiger partial charge in [-0.2, -0.15) is 0 Å². The Morgan fingerprint density at radius 1 is 1.43 bits per heavy atom. The summed E-state index contributed by atoms with van der Waals surface area (Å²) in [4.78, 5) is 2.36. The predicted molar refractivity (Wildman–Crippen MR) is 59.3 cm³/mol. The fraction of sp³-hybridized carbons (Fsp3) is 1.00. The molecule has 0 radical (unpaired) electrons. The number of nitrogens with zero attached hydrogens (tertiary/aromatic N) is 1. The number of rotatable bonds is 4. The zero-order valence-electron chi connectivity index (χ0n) is 9.75. The fourth-order valence-corrected chi connectivity index (χ4v) is 1.81. The summed E-state index contributed by atoms with van der Waals surface area (Å²) in [5.74, 6) is 0.623. The molecule has 2 atom stereocenters. The summed E-state index contributed by atoms with van der Waals surface area (Å²) in [5, 5.41) is 3.60. The van der Waals surface area contributed by atoms with E-state index in [-0.39, 0.29) is 0 Å². The highest BCUT2D eigenvalue weighted by Crippen LogP contribution is 2.10. The highest BCUT2D eigenvalue weighted by atomic mass is 16.5. The van der Waals surface area contributed by atoms with Gasteiger partial charge >= 0.3 is 0 Å². The second-order valence-corrected chi connectivity index (χ2v) is 4.21. The lowest BCUT2D eigenvalue weighted by Crippen LogP contribution is -2.43. The largest absolute Gasteiger partial charge is 0.366 e. The summed E-state index contributed by atoms with van der Waals surface area (Å²) in [6.45, 7) is 11.7. The molecule has 0 aromatic carbocycles. The number of ether oxygens (including phenoxy) is 1. The fourth-order valence-electron chi connectivity index (χ4n) is 1.81. The summed E-state index contributed by atoms with van der Waals surface area (Å²) in [5.41, 5.74) is 0. The van der Waals surface area contributed by atoms with E-state index in [4.69, 9.17) is 4.74 Å². The van der Waals surface area contributed by atoms with Gasteiger partial charge in [0.25, 0.3) is 0 Å². The van der Waals surface area contributed by atoms with E-state index in [1.165, 1.54) is 6.42 Å². The summed E-state index contributed by atoms with van der Waals surface area (Å²) in [6, 6.07) is 0.595.